The van der Waals surface area contributed by atoms with E-state index in [4.69, 9.17) is 27.1 Å². The Labute approximate surface area is 436 Å². The number of unbranched alkanes of at least 4 members (excludes halogenated alkanes) is 5. The Balaban J connectivity index is 0.969. The molecule has 2 bridgehead atoms. The first-order chi connectivity index (χ1) is 35.3. The van der Waals surface area contributed by atoms with Crippen LogP contribution in [0.3, 0.4) is 0 Å². The van der Waals surface area contributed by atoms with E-state index in [1.54, 1.807) is 36.9 Å². The van der Waals surface area contributed by atoms with Crippen LogP contribution in [0, 0.1) is 18.9 Å². The van der Waals surface area contributed by atoms with Gasteiger partial charge >= 0.3 is 0 Å². The molecule has 6 rings (SSSR count). The van der Waals surface area contributed by atoms with Crippen LogP contribution in [0.4, 0.5) is 11.6 Å². The number of carbonyl (C=O) groups excluding carboxylic acids is 5. The highest BCUT2D eigenvalue weighted by Gasteiger charge is 2.45. The molecule has 5 amide bonds. The highest BCUT2D eigenvalue weighted by Crippen LogP contribution is 2.37. The van der Waals surface area contributed by atoms with Crippen LogP contribution in [0.1, 0.15) is 144 Å². The summed E-state index contributed by atoms with van der Waals surface area (Å²) in [6.45, 7) is 23.0. The summed E-state index contributed by atoms with van der Waals surface area (Å²) in [5, 5.41) is 20.5. The number of likely N-dealkylation sites (N-methyl/N-ethyl adjacent to an activating group) is 1. The van der Waals surface area contributed by atoms with Gasteiger partial charge in [0.1, 0.15) is 30.4 Å². The highest BCUT2D eigenvalue weighted by molar-refractivity contribution is 5.96. The van der Waals surface area contributed by atoms with E-state index < -0.39 is 29.6 Å². The lowest BCUT2D eigenvalue weighted by molar-refractivity contribution is -0.144. The lowest BCUT2D eigenvalue weighted by Crippen LogP contribution is -2.59. The van der Waals surface area contributed by atoms with Gasteiger partial charge in [-0.05, 0) is 77.1 Å². The quantitative estimate of drug-likeness (QED) is 0.0398. The maximum Gasteiger partial charge on any atom is 0.262 e. The molecule has 1 fully saturated rings. The van der Waals surface area contributed by atoms with Crippen LogP contribution in [0.2, 0.25) is 0 Å². The molecule has 2 aromatic carbocycles. The number of nitrogens with two attached hydrogens (primary N) is 1. The lowest BCUT2D eigenvalue weighted by atomic mass is 9.85. The van der Waals surface area contributed by atoms with Crippen molar-refractivity contribution in [2.24, 2.45) is 5.41 Å². The van der Waals surface area contributed by atoms with E-state index in [1.165, 1.54) is 10.9 Å². The standard InChI is InChI=1S/C55H77N13O6/c1-11-41(37-21-17-16-18-22-37)62-51(71)44-30-38(32-67(44)54(73)47(55(5,6)7)64-50(70)35(3)57-8)59-26-20-15-13-12-14-19-23-45(69)60-27-28-68-49(58-9)46-42-31-61-48(56)52(63-42)74-36(4)40-29-34(2)24-25-39(40)53(72)66(10)33-43(46)65-68/h16-18,21-22,24-25,29,31,35-36,38,41,44,47,57,59H,11-15,19-20,23,26-28,30,32-33H2,1-8,10H3,(H2,56,61)(H,60,69)(H,62,71)(H,64,70)/t35-,36+,38-,41+,44-,47+/m0/s1. The van der Waals surface area contributed by atoms with Crippen molar-refractivity contribution in [3.8, 4) is 17.1 Å². The fourth-order valence-electron chi connectivity index (χ4n) is 9.56. The maximum atomic E-state index is 14.4. The zero-order valence-electron chi connectivity index (χ0n) is 44.7. The predicted molar refractivity (Wildman–Crippen MR) is 285 cm³/mol. The second-order valence-corrected chi connectivity index (χ2v) is 20.8. The number of nitrogens with one attached hydrogen (secondary N) is 5. The predicted octanol–water partition coefficient (Wildman–Crippen LogP) is 6.32. The minimum Gasteiger partial charge on any atom is -0.467 e. The van der Waals surface area contributed by atoms with Crippen molar-refractivity contribution < 1.29 is 28.7 Å². The van der Waals surface area contributed by atoms with Crippen molar-refractivity contribution in [3.05, 3.63) is 94.1 Å². The molecule has 74 heavy (non-hydrogen) atoms. The van der Waals surface area contributed by atoms with Crippen molar-refractivity contribution in [3.63, 3.8) is 0 Å². The van der Waals surface area contributed by atoms with Crippen molar-refractivity contribution in [2.75, 3.05) is 39.5 Å². The number of rotatable bonds is 21. The largest absolute Gasteiger partial charge is 0.467 e. The SMILES string of the molecule is [C-]#[N+]c1c2c(nn1CCNC(=O)CCCCCCCCN[C@H]1C[C@@H](C(=O)N[C@H](CC)c3ccccc3)N(C(=O)[C@@H](NC(=O)[C@H](C)NC)C(C)(C)C)C1)CN(C)C(=O)c1ccc(C)cc1[C@@H](C)Oc1nc-2cnc1N. The highest BCUT2D eigenvalue weighted by atomic mass is 16.5. The summed E-state index contributed by atoms with van der Waals surface area (Å²) in [6.07, 6.45) is 7.92. The first kappa shape index (κ1) is 56.4. The summed E-state index contributed by atoms with van der Waals surface area (Å²) in [5.74, 6) is -0.724. The average molecular weight is 1020 g/mol. The smallest absolute Gasteiger partial charge is 0.262 e. The number of fused-ring (bicyclic) bond motifs is 5. The molecule has 1 saturated heterocycles. The van der Waals surface area contributed by atoms with E-state index in [0.717, 1.165) is 56.2 Å². The van der Waals surface area contributed by atoms with Gasteiger partial charge in [0.25, 0.3) is 17.6 Å². The molecule has 4 aromatic rings. The van der Waals surface area contributed by atoms with Gasteiger partial charge in [-0.1, -0.05) is 108 Å². The molecule has 0 saturated carbocycles. The van der Waals surface area contributed by atoms with Crippen LogP contribution in [-0.4, -0.2) is 117 Å². The number of amides is 5. The zero-order valence-corrected chi connectivity index (χ0v) is 44.7. The van der Waals surface area contributed by atoms with Gasteiger partial charge in [0.05, 0.1) is 42.6 Å². The third-order valence-corrected chi connectivity index (χ3v) is 14.0. The molecule has 19 heteroatoms. The van der Waals surface area contributed by atoms with Crippen LogP contribution < -0.4 is 37.1 Å². The van der Waals surface area contributed by atoms with Gasteiger partial charge in [-0.25, -0.2) is 9.97 Å². The molecule has 7 N–H and O–H groups in total. The fourth-order valence-corrected chi connectivity index (χ4v) is 9.56. The number of anilines is 1. The normalized spacial score (nSPS) is 17.8. The molecule has 398 valence electrons. The molecule has 0 unspecified atom stereocenters. The summed E-state index contributed by atoms with van der Waals surface area (Å²) in [5.41, 5.74) is 9.93. The molecule has 19 nitrogen and oxygen atoms in total. The summed E-state index contributed by atoms with van der Waals surface area (Å²) in [6, 6.07) is 13.1. The number of hydrogen-bond donors (Lipinski definition) is 6. The van der Waals surface area contributed by atoms with E-state index in [9.17, 15) is 24.0 Å². The number of ether oxygens (including phenoxy) is 1. The lowest BCUT2D eigenvalue weighted by Gasteiger charge is -2.36. The summed E-state index contributed by atoms with van der Waals surface area (Å²) >= 11 is 0. The van der Waals surface area contributed by atoms with Gasteiger partial charge in [-0.2, -0.15) is 4.68 Å². The van der Waals surface area contributed by atoms with Crippen molar-refractivity contribution in [1.29, 1.82) is 0 Å². The number of aryl methyl sites for hydroxylation is 1. The third kappa shape index (κ3) is 14.2. The summed E-state index contributed by atoms with van der Waals surface area (Å²) in [4.78, 5) is 84.4. The average Bonchev–Trinajstić information content (AvgIpc) is 3.97. The number of nitrogen functional groups attached to an aromatic ring is 1. The molecule has 6 atom stereocenters. The van der Waals surface area contributed by atoms with E-state index in [0.29, 0.717) is 53.9 Å². The topological polar surface area (TPSA) is 235 Å². The van der Waals surface area contributed by atoms with E-state index in [-0.39, 0.29) is 78.8 Å². The fraction of sp³-hybridized carbons (Fsp3) is 0.545. The summed E-state index contributed by atoms with van der Waals surface area (Å²) in [7, 11) is 3.38. The first-order valence-corrected chi connectivity index (χ1v) is 26.1. The van der Waals surface area contributed by atoms with E-state index in [2.05, 4.69) is 36.4 Å². The second kappa shape index (κ2) is 25.8. The minimum atomic E-state index is -0.832. The number of benzene rings is 2. The van der Waals surface area contributed by atoms with Gasteiger partial charge in [0, 0.05) is 37.2 Å². The number of hydrogen-bond acceptors (Lipinski definition) is 12. The number of nitrogens with zero attached hydrogens (tertiary/aromatic N) is 7. The first-order valence-electron chi connectivity index (χ1n) is 26.1. The molecule has 2 aromatic heterocycles. The maximum absolute atomic E-state index is 14.4. The van der Waals surface area contributed by atoms with Gasteiger partial charge in [0.2, 0.25) is 23.6 Å². The Bertz CT molecular complexity index is 2640. The number of likely N-dealkylation sites (tertiary alicyclic amines) is 1. The monoisotopic (exact) mass is 1020 g/mol. The zero-order chi connectivity index (χ0) is 53.7. The van der Waals surface area contributed by atoms with E-state index in [1.807, 2.05) is 84.0 Å². The minimum absolute atomic E-state index is 0.0745. The Kier molecular flexibility index (Phi) is 19.7. The van der Waals surface area contributed by atoms with Gasteiger partial charge in [-0.15, -0.1) is 5.10 Å². The van der Waals surface area contributed by atoms with Crippen LogP contribution in [0.25, 0.3) is 16.1 Å². The summed E-state index contributed by atoms with van der Waals surface area (Å²) < 4.78 is 7.74. The number of aromatic nitrogens is 4. The number of carbonyl (C=O) groups is 5. The molecular weight excluding hydrogens is 939 g/mol. The molecular formula is C55H77N13O6. The Morgan fingerprint density at radius 2 is 1.72 bits per heavy atom. The third-order valence-electron chi connectivity index (χ3n) is 14.0. The Morgan fingerprint density at radius 1 is 1.00 bits per heavy atom. The molecule has 0 aliphatic carbocycles. The van der Waals surface area contributed by atoms with Crippen molar-refractivity contribution in [1.82, 2.24) is 56.1 Å². The van der Waals surface area contributed by atoms with Crippen LogP contribution >= 0.6 is 0 Å². The molecule has 2 aliphatic rings. The van der Waals surface area contributed by atoms with Crippen LogP contribution in [0.5, 0.6) is 5.88 Å². The molecule has 4 heterocycles. The Hall–Kier alpha value is -6.91. The van der Waals surface area contributed by atoms with Crippen molar-refractivity contribution in [2.45, 2.75) is 156 Å². The molecule has 0 spiro atoms. The van der Waals surface area contributed by atoms with Gasteiger partial charge in [0.15, 0.2) is 5.82 Å². The van der Waals surface area contributed by atoms with Crippen LogP contribution in [-0.2, 0) is 32.3 Å². The molecule has 0 radical (unpaired) electrons. The Morgan fingerprint density at radius 3 is 2.41 bits per heavy atom. The van der Waals surface area contributed by atoms with E-state index >= 15 is 0 Å². The van der Waals surface area contributed by atoms with Crippen molar-refractivity contribution >= 4 is 41.2 Å². The van der Waals surface area contributed by atoms with Crippen LogP contribution in [0.15, 0.2) is 54.7 Å². The van der Waals surface area contributed by atoms with Gasteiger partial charge < -0.3 is 51.7 Å². The molecule has 2 aliphatic heterocycles. The van der Waals surface area contributed by atoms with Gasteiger partial charge in [-0.3, -0.25) is 24.0 Å². The second-order valence-electron chi connectivity index (χ2n) is 20.8.